The molecule has 3 aromatic rings. The Bertz CT molecular complexity index is 1170. The predicted molar refractivity (Wildman–Crippen MR) is 126 cm³/mol. The molecule has 0 radical (unpaired) electrons. The number of nitrogens with zero attached hydrogens (tertiary/aromatic N) is 4. The van der Waals surface area contributed by atoms with Gasteiger partial charge in [0.15, 0.2) is 0 Å². The van der Waals surface area contributed by atoms with Crippen LogP contribution in [0.4, 0.5) is 4.79 Å². The molecule has 172 valence electrons. The third kappa shape index (κ3) is 5.46. The molecule has 7 nitrogen and oxygen atoms in total. The van der Waals surface area contributed by atoms with Gasteiger partial charge < -0.3 is 14.4 Å². The molecule has 0 aliphatic carbocycles. The van der Waals surface area contributed by atoms with Crippen molar-refractivity contribution in [3.05, 3.63) is 59.7 Å². The van der Waals surface area contributed by atoms with Crippen molar-refractivity contribution in [1.82, 2.24) is 14.5 Å². The number of carbonyl (C=O) groups is 1. The van der Waals surface area contributed by atoms with Crippen molar-refractivity contribution < 1.29 is 14.3 Å². The Labute approximate surface area is 194 Å². The lowest BCUT2D eigenvalue weighted by molar-refractivity contribution is 0.0136. The minimum absolute atomic E-state index is 0.200. The number of amides is 1. The molecule has 2 heterocycles. The summed E-state index contributed by atoms with van der Waals surface area (Å²) in [6, 6.07) is 18.3. The summed E-state index contributed by atoms with van der Waals surface area (Å²) < 4.78 is 13.8. The van der Waals surface area contributed by atoms with Crippen LogP contribution in [0.5, 0.6) is 6.01 Å². The van der Waals surface area contributed by atoms with Crippen LogP contribution in [0.2, 0.25) is 0 Å². The van der Waals surface area contributed by atoms with E-state index in [9.17, 15) is 10.1 Å². The first-order chi connectivity index (χ1) is 15.8. The van der Waals surface area contributed by atoms with Crippen molar-refractivity contribution in [2.45, 2.75) is 45.8 Å². The van der Waals surface area contributed by atoms with Crippen molar-refractivity contribution >= 4 is 17.1 Å². The number of likely N-dealkylation sites (tertiary alicyclic amines) is 1. The molecule has 1 aliphatic rings. The van der Waals surface area contributed by atoms with E-state index >= 15 is 0 Å². The van der Waals surface area contributed by atoms with E-state index in [1.54, 1.807) is 4.90 Å². The summed E-state index contributed by atoms with van der Waals surface area (Å²) >= 11 is 0. The van der Waals surface area contributed by atoms with Crippen LogP contribution >= 0.6 is 0 Å². The quantitative estimate of drug-likeness (QED) is 0.552. The molecule has 0 N–H and O–H groups in total. The Hall–Kier alpha value is -3.53. The van der Waals surface area contributed by atoms with E-state index in [2.05, 4.69) is 6.07 Å². The molecule has 1 aromatic heterocycles. The van der Waals surface area contributed by atoms with Gasteiger partial charge in [-0.05, 0) is 57.4 Å². The van der Waals surface area contributed by atoms with Gasteiger partial charge in [-0.25, -0.2) is 4.79 Å². The highest BCUT2D eigenvalue weighted by Gasteiger charge is 2.28. The van der Waals surface area contributed by atoms with E-state index in [-0.39, 0.29) is 12.0 Å². The third-order valence-electron chi connectivity index (χ3n) is 5.70. The molecule has 4 rings (SSSR count). The van der Waals surface area contributed by atoms with Crippen molar-refractivity contribution in [1.29, 1.82) is 5.26 Å². The average Bonchev–Trinajstić information content (AvgIpc) is 3.14. The smallest absolute Gasteiger partial charge is 0.410 e. The Morgan fingerprint density at radius 3 is 2.73 bits per heavy atom. The van der Waals surface area contributed by atoms with Gasteiger partial charge in [-0.2, -0.15) is 10.2 Å². The number of imidazole rings is 1. The summed E-state index contributed by atoms with van der Waals surface area (Å²) in [5, 5.41) is 9.49. The van der Waals surface area contributed by atoms with Crippen LogP contribution < -0.4 is 4.74 Å². The molecule has 1 fully saturated rings. The van der Waals surface area contributed by atoms with Gasteiger partial charge in [-0.15, -0.1) is 0 Å². The summed E-state index contributed by atoms with van der Waals surface area (Å²) in [4.78, 5) is 19.0. The van der Waals surface area contributed by atoms with Gasteiger partial charge in [0.05, 0.1) is 35.8 Å². The number of para-hydroxylation sites is 2. The monoisotopic (exact) mass is 446 g/mol. The summed E-state index contributed by atoms with van der Waals surface area (Å²) in [5.74, 6) is 0.200. The molecule has 33 heavy (non-hydrogen) atoms. The number of aromatic nitrogens is 2. The maximum Gasteiger partial charge on any atom is 0.410 e. The van der Waals surface area contributed by atoms with Crippen LogP contribution in [0.25, 0.3) is 11.0 Å². The van der Waals surface area contributed by atoms with Gasteiger partial charge >= 0.3 is 6.09 Å². The Morgan fingerprint density at radius 2 is 1.94 bits per heavy atom. The number of hydrogen-bond acceptors (Lipinski definition) is 5. The highest BCUT2D eigenvalue weighted by Crippen LogP contribution is 2.26. The van der Waals surface area contributed by atoms with Gasteiger partial charge in [0, 0.05) is 19.0 Å². The van der Waals surface area contributed by atoms with Crippen LogP contribution in [0.1, 0.15) is 44.7 Å². The topological polar surface area (TPSA) is 80.4 Å². The number of carbonyl (C=O) groups excluding carboxylic acids is 1. The van der Waals surface area contributed by atoms with Crippen molar-refractivity contribution in [3.63, 3.8) is 0 Å². The maximum atomic E-state index is 12.5. The second-order valence-electron chi connectivity index (χ2n) is 9.48. The lowest BCUT2D eigenvalue weighted by Gasteiger charge is -2.33. The fourth-order valence-electron chi connectivity index (χ4n) is 4.14. The maximum absolute atomic E-state index is 12.5. The second kappa shape index (κ2) is 9.53. The molecule has 1 unspecified atom stereocenters. The van der Waals surface area contributed by atoms with Gasteiger partial charge in [0.25, 0.3) is 6.01 Å². The number of hydrogen-bond donors (Lipinski definition) is 0. The molecule has 1 saturated heterocycles. The Kier molecular flexibility index (Phi) is 6.55. The number of rotatable bonds is 5. The molecule has 1 amide bonds. The van der Waals surface area contributed by atoms with E-state index in [0.29, 0.717) is 37.8 Å². The molecule has 7 heteroatoms. The molecular formula is C26H30N4O3. The SMILES string of the molecule is CC(C)(C)OC(=O)N1CCCC(COc2nc3ccccc3n2Cc2ccccc2C#N)C1. The van der Waals surface area contributed by atoms with Crippen LogP contribution in [0.3, 0.4) is 0 Å². The standard InChI is InChI=1S/C26H30N4O3/c1-26(2,3)33-25(31)29-14-8-9-19(16-29)18-32-24-28-22-12-6-7-13-23(22)30(24)17-21-11-5-4-10-20(21)15-27/h4-7,10-13,19H,8-9,14,16-18H2,1-3H3. The number of benzene rings is 2. The highest BCUT2D eigenvalue weighted by molar-refractivity contribution is 5.76. The molecule has 0 spiro atoms. The van der Waals surface area contributed by atoms with Gasteiger partial charge in [-0.3, -0.25) is 4.57 Å². The number of fused-ring (bicyclic) bond motifs is 1. The summed E-state index contributed by atoms with van der Waals surface area (Å²) in [6.45, 7) is 7.90. The van der Waals surface area contributed by atoms with Crippen LogP contribution in [0.15, 0.2) is 48.5 Å². The first-order valence-electron chi connectivity index (χ1n) is 11.4. The third-order valence-corrected chi connectivity index (χ3v) is 5.70. The summed E-state index contributed by atoms with van der Waals surface area (Å²) in [5.41, 5.74) is 2.86. The first-order valence-corrected chi connectivity index (χ1v) is 11.4. The number of nitriles is 1. The van der Waals surface area contributed by atoms with Gasteiger partial charge in [-0.1, -0.05) is 30.3 Å². The van der Waals surface area contributed by atoms with Crippen molar-refractivity contribution in [2.75, 3.05) is 19.7 Å². The minimum Gasteiger partial charge on any atom is -0.464 e. The molecule has 0 bridgehead atoms. The largest absolute Gasteiger partial charge is 0.464 e. The van der Waals surface area contributed by atoms with E-state index in [4.69, 9.17) is 14.5 Å². The number of ether oxygens (including phenoxy) is 2. The predicted octanol–water partition coefficient (Wildman–Crippen LogP) is 4.98. The lowest BCUT2D eigenvalue weighted by atomic mass is 9.99. The fraction of sp³-hybridized carbons (Fsp3) is 0.423. The zero-order valence-electron chi connectivity index (χ0n) is 19.5. The fourth-order valence-corrected chi connectivity index (χ4v) is 4.14. The van der Waals surface area contributed by atoms with Crippen LogP contribution in [-0.4, -0.2) is 45.8 Å². The summed E-state index contributed by atoms with van der Waals surface area (Å²) in [7, 11) is 0. The zero-order chi connectivity index (χ0) is 23.4. The van der Waals surface area contributed by atoms with Crippen LogP contribution in [-0.2, 0) is 11.3 Å². The van der Waals surface area contributed by atoms with Gasteiger partial charge in [0.2, 0.25) is 0 Å². The molecular weight excluding hydrogens is 416 g/mol. The Morgan fingerprint density at radius 1 is 1.18 bits per heavy atom. The number of piperidine rings is 1. The van der Waals surface area contributed by atoms with E-state index < -0.39 is 5.60 Å². The second-order valence-corrected chi connectivity index (χ2v) is 9.48. The van der Waals surface area contributed by atoms with Crippen LogP contribution in [0, 0.1) is 17.2 Å². The zero-order valence-corrected chi connectivity index (χ0v) is 19.5. The van der Waals surface area contributed by atoms with E-state index in [0.717, 1.165) is 29.4 Å². The molecule has 1 aliphatic heterocycles. The van der Waals surface area contributed by atoms with E-state index in [1.807, 2.05) is 73.9 Å². The summed E-state index contributed by atoms with van der Waals surface area (Å²) in [6.07, 6.45) is 1.63. The minimum atomic E-state index is -0.509. The van der Waals surface area contributed by atoms with Gasteiger partial charge in [0.1, 0.15) is 5.60 Å². The molecule has 2 aromatic carbocycles. The normalized spacial score (nSPS) is 16.4. The van der Waals surface area contributed by atoms with E-state index in [1.165, 1.54) is 0 Å². The Balaban J connectivity index is 1.50. The average molecular weight is 447 g/mol. The highest BCUT2D eigenvalue weighted by atomic mass is 16.6. The first kappa shape index (κ1) is 22.7. The van der Waals surface area contributed by atoms with Crippen molar-refractivity contribution in [2.24, 2.45) is 5.92 Å². The molecule has 0 saturated carbocycles. The van der Waals surface area contributed by atoms with Crippen molar-refractivity contribution in [3.8, 4) is 12.1 Å². The lowest BCUT2D eigenvalue weighted by Crippen LogP contribution is -2.44. The molecule has 1 atom stereocenters.